The lowest BCUT2D eigenvalue weighted by Crippen LogP contribution is -2.39. The molecule has 2 aromatic heterocycles. The first-order valence-electron chi connectivity index (χ1n) is 11.9. The molecule has 2 aromatic carbocycles. The third-order valence-corrected chi connectivity index (χ3v) is 7.58. The van der Waals surface area contributed by atoms with Crippen LogP contribution in [0.4, 0.5) is 11.6 Å². The van der Waals surface area contributed by atoms with Crippen molar-refractivity contribution >= 4 is 44.9 Å². The van der Waals surface area contributed by atoms with E-state index in [-0.39, 0.29) is 16.8 Å². The minimum absolute atomic E-state index is 0.0771. The predicted molar refractivity (Wildman–Crippen MR) is 143 cm³/mol. The molecule has 1 amide bonds. The van der Waals surface area contributed by atoms with Crippen LogP contribution in [-0.2, 0) is 4.74 Å². The molecule has 0 unspecified atom stereocenters. The molecular weight excluding hydrogens is 492 g/mol. The molecule has 0 radical (unpaired) electrons. The lowest BCUT2D eigenvalue weighted by atomic mass is 10.0. The molecule has 4 aromatic rings. The summed E-state index contributed by atoms with van der Waals surface area (Å²) in [5.74, 6) is 0.741. The van der Waals surface area contributed by atoms with Gasteiger partial charge in [-0.25, -0.2) is 0 Å². The van der Waals surface area contributed by atoms with Crippen molar-refractivity contribution < 1.29 is 18.7 Å². The minimum Gasteiger partial charge on any atom is -0.490 e. The highest BCUT2D eigenvalue weighted by Crippen LogP contribution is 2.40. The zero-order chi connectivity index (χ0) is 25.5. The van der Waals surface area contributed by atoms with Crippen LogP contribution < -0.4 is 25.7 Å². The lowest BCUT2D eigenvalue weighted by Gasteiger charge is -2.32. The maximum Gasteiger partial charge on any atom is 0.249 e. The Hall–Kier alpha value is -4.15. The molecule has 1 fully saturated rings. The number of anilines is 2. The number of nitrogens with two attached hydrogens (primary N) is 1. The number of rotatable bonds is 4. The fourth-order valence-corrected chi connectivity index (χ4v) is 5.65. The highest BCUT2D eigenvalue weighted by molar-refractivity contribution is 7.17. The van der Waals surface area contributed by atoms with Crippen LogP contribution in [0.25, 0.3) is 21.4 Å². The first-order chi connectivity index (χ1) is 18.0. The van der Waals surface area contributed by atoms with E-state index in [1.807, 2.05) is 33.4 Å². The highest BCUT2D eigenvalue weighted by atomic mass is 32.1. The van der Waals surface area contributed by atoms with E-state index < -0.39 is 5.91 Å². The summed E-state index contributed by atoms with van der Waals surface area (Å²) in [5.41, 5.74) is 9.10. The standard InChI is InChI=1S/C27H24N4O5S/c28-26(17-3-1-2-4-18(17)27(29)33)31-9-12-35-22-6-5-16(13-20(22)31)19-15-37-25-21(32)14-23(36-24(19)25)30-7-10-34-11-8-30/h1-6,13-15,28H,7-12H2,(H2,29,33). The summed E-state index contributed by atoms with van der Waals surface area (Å²) in [7, 11) is 0. The summed E-state index contributed by atoms with van der Waals surface area (Å²) in [4.78, 5) is 28.7. The van der Waals surface area contributed by atoms with Crippen LogP contribution in [-0.4, -0.2) is 51.2 Å². The van der Waals surface area contributed by atoms with Crippen molar-refractivity contribution in [3.63, 3.8) is 0 Å². The van der Waals surface area contributed by atoms with Gasteiger partial charge in [-0.05, 0) is 23.8 Å². The Labute approximate surface area is 216 Å². The third kappa shape index (κ3) is 4.13. The van der Waals surface area contributed by atoms with Gasteiger partial charge in [-0.15, -0.1) is 11.3 Å². The Morgan fingerprint density at radius 3 is 2.57 bits per heavy atom. The van der Waals surface area contributed by atoms with Gasteiger partial charge >= 0.3 is 0 Å². The number of carbonyl (C=O) groups excluding carboxylic acids is 1. The van der Waals surface area contributed by atoms with Gasteiger partial charge in [0.25, 0.3) is 0 Å². The highest BCUT2D eigenvalue weighted by Gasteiger charge is 2.26. The number of carbonyl (C=O) groups is 1. The van der Waals surface area contributed by atoms with Crippen LogP contribution in [0.1, 0.15) is 15.9 Å². The normalized spacial score (nSPS) is 15.4. The van der Waals surface area contributed by atoms with E-state index in [0.717, 1.165) is 11.1 Å². The SMILES string of the molecule is N=C(c1ccccc1C(N)=O)N1CCOc2ccc(-c3csc4c(=O)cc(N5CCOCC5)oc34)cc21. The Morgan fingerprint density at radius 1 is 1.00 bits per heavy atom. The van der Waals surface area contributed by atoms with Crippen LogP contribution in [0.5, 0.6) is 5.75 Å². The maximum absolute atomic E-state index is 12.9. The number of thiophene rings is 1. The van der Waals surface area contributed by atoms with Gasteiger partial charge in [0.2, 0.25) is 11.3 Å². The molecule has 37 heavy (non-hydrogen) atoms. The maximum atomic E-state index is 12.9. The number of primary amides is 1. The summed E-state index contributed by atoms with van der Waals surface area (Å²) in [6.07, 6.45) is 0. The summed E-state index contributed by atoms with van der Waals surface area (Å²) in [6.45, 7) is 3.32. The first kappa shape index (κ1) is 23.3. The van der Waals surface area contributed by atoms with Crippen molar-refractivity contribution in [1.82, 2.24) is 0 Å². The van der Waals surface area contributed by atoms with Crippen LogP contribution in [0.15, 0.2) is 63.1 Å². The average molecular weight is 517 g/mol. The number of ether oxygens (including phenoxy) is 2. The Balaban J connectivity index is 1.42. The topological polar surface area (TPSA) is 122 Å². The van der Waals surface area contributed by atoms with Gasteiger partial charge in [-0.2, -0.15) is 0 Å². The molecule has 0 spiro atoms. The van der Waals surface area contributed by atoms with E-state index in [1.165, 1.54) is 11.3 Å². The average Bonchev–Trinajstić information content (AvgIpc) is 3.37. The quantitative estimate of drug-likeness (QED) is 0.313. The third-order valence-electron chi connectivity index (χ3n) is 6.60. The molecule has 0 atom stereocenters. The monoisotopic (exact) mass is 516 g/mol. The molecule has 9 nitrogen and oxygen atoms in total. The number of nitrogens with one attached hydrogen (secondary N) is 1. The van der Waals surface area contributed by atoms with Gasteiger partial charge in [0.05, 0.1) is 31.0 Å². The van der Waals surface area contributed by atoms with E-state index in [1.54, 1.807) is 30.3 Å². The molecule has 1 saturated heterocycles. The largest absolute Gasteiger partial charge is 0.490 e. The number of nitrogens with zero attached hydrogens (tertiary/aromatic N) is 2. The van der Waals surface area contributed by atoms with Gasteiger partial charge in [0.15, 0.2) is 11.5 Å². The van der Waals surface area contributed by atoms with Crippen LogP contribution in [0.3, 0.4) is 0 Å². The Kier molecular flexibility index (Phi) is 5.90. The number of fused-ring (bicyclic) bond motifs is 2. The second-order valence-electron chi connectivity index (χ2n) is 8.80. The summed E-state index contributed by atoms with van der Waals surface area (Å²) in [6, 6.07) is 14.1. The molecule has 6 rings (SSSR count). The zero-order valence-electron chi connectivity index (χ0n) is 19.9. The number of hydrogen-bond donors (Lipinski definition) is 2. The van der Waals surface area contributed by atoms with Crippen molar-refractivity contribution in [3.8, 4) is 16.9 Å². The molecule has 0 bridgehead atoms. The van der Waals surface area contributed by atoms with Crippen molar-refractivity contribution in [3.05, 3.63) is 75.3 Å². The van der Waals surface area contributed by atoms with E-state index in [2.05, 4.69) is 0 Å². The van der Waals surface area contributed by atoms with Crippen molar-refractivity contribution in [2.45, 2.75) is 0 Å². The predicted octanol–water partition coefficient (Wildman–Crippen LogP) is 3.68. The number of amidine groups is 1. The number of amides is 1. The second kappa shape index (κ2) is 9.38. The fraction of sp³-hybridized carbons (Fsp3) is 0.222. The lowest BCUT2D eigenvalue weighted by molar-refractivity contribution is 0.1000. The molecule has 4 heterocycles. The van der Waals surface area contributed by atoms with Crippen LogP contribution in [0, 0.1) is 5.41 Å². The van der Waals surface area contributed by atoms with E-state index >= 15 is 0 Å². The molecule has 10 heteroatoms. The Morgan fingerprint density at radius 2 is 1.78 bits per heavy atom. The minimum atomic E-state index is -0.585. The van der Waals surface area contributed by atoms with E-state index in [0.29, 0.717) is 72.6 Å². The van der Waals surface area contributed by atoms with Crippen molar-refractivity contribution in [2.24, 2.45) is 5.73 Å². The van der Waals surface area contributed by atoms with Gasteiger partial charge in [0, 0.05) is 35.7 Å². The molecule has 0 saturated carbocycles. The van der Waals surface area contributed by atoms with Gasteiger partial charge in [-0.3, -0.25) is 15.0 Å². The summed E-state index contributed by atoms with van der Waals surface area (Å²) in [5, 5.41) is 10.8. The number of benzene rings is 2. The van der Waals surface area contributed by atoms with E-state index in [9.17, 15) is 9.59 Å². The smallest absolute Gasteiger partial charge is 0.249 e. The number of morpholine rings is 1. The zero-order valence-corrected chi connectivity index (χ0v) is 20.7. The van der Waals surface area contributed by atoms with Gasteiger partial charge in [0.1, 0.15) is 22.9 Å². The molecule has 2 aliphatic rings. The molecular formula is C27H24N4O5S. The van der Waals surface area contributed by atoms with E-state index in [4.69, 9.17) is 25.0 Å². The summed E-state index contributed by atoms with van der Waals surface area (Å²) >= 11 is 1.35. The van der Waals surface area contributed by atoms with Crippen molar-refractivity contribution in [2.75, 3.05) is 49.3 Å². The molecule has 3 N–H and O–H groups in total. The van der Waals surface area contributed by atoms with Gasteiger partial charge < -0.3 is 29.4 Å². The molecule has 2 aliphatic heterocycles. The van der Waals surface area contributed by atoms with Crippen LogP contribution in [0.2, 0.25) is 0 Å². The molecule has 0 aliphatic carbocycles. The Bertz CT molecular complexity index is 1590. The second-order valence-corrected chi connectivity index (χ2v) is 9.68. The van der Waals surface area contributed by atoms with Crippen molar-refractivity contribution in [1.29, 1.82) is 5.41 Å². The fourth-order valence-electron chi connectivity index (χ4n) is 4.74. The first-order valence-corrected chi connectivity index (χ1v) is 12.8. The summed E-state index contributed by atoms with van der Waals surface area (Å²) < 4.78 is 18.1. The van der Waals surface area contributed by atoms with Crippen LogP contribution >= 0.6 is 11.3 Å². The molecule has 188 valence electrons. The van der Waals surface area contributed by atoms with Gasteiger partial charge in [-0.1, -0.05) is 24.3 Å². The number of hydrogen-bond acceptors (Lipinski definition) is 8.